The average Bonchev–Trinajstić information content (AvgIpc) is 2.71. The van der Waals surface area contributed by atoms with Crippen molar-refractivity contribution in [2.24, 2.45) is 0 Å². The van der Waals surface area contributed by atoms with Crippen LogP contribution in [0.4, 0.5) is 0 Å². The number of ketones is 1. The molecule has 0 unspecified atom stereocenters. The standard InChI is InChI=1S/C14H15NO2/c1-9-14(10(2)16)13(8-15-9)11-4-6-12(17-3)7-5-11/h4-8,15H,1-3H3. The van der Waals surface area contributed by atoms with Crippen molar-refractivity contribution in [3.63, 3.8) is 0 Å². The fourth-order valence-corrected chi connectivity index (χ4v) is 1.98. The molecule has 0 fully saturated rings. The first-order valence-electron chi connectivity index (χ1n) is 5.47. The van der Waals surface area contributed by atoms with E-state index in [1.807, 2.05) is 37.4 Å². The summed E-state index contributed by atoms with van der Waals surface area (Å²) in [5, 5.41) is 0. The van der Waals surface area contributed by atoms with Crippen molar-refractivity contribution in [3.05, 3.63) is 41.7 Å². The maximum absolute atomic E-state index is 11.6. The van der Waals surface area contributed by atoms with Gasteiger partial charge in [-0.1, -0.05) is 12.1 Å². The molecule has 1 N–H and O–H groups in total. The molecule has 0 aliphatic rings. The molecular formula is C14H15NO2. The van der Waals surface area contributed by atoms with Crippen LogP contribution in [0, 0.1) is 6.92 Å². The summed E-state index contributed by atoms with van der Waals surface area (Å²) in [6, 6.07) is 7.69. The van der Waals surface area contributed by atoms with E-state index in [0.717, 1.165) is 28.1 Å². The van der Waals surface area contributed by atoms with E-state index < -0.39 is 0 Å². The maximum atomic E-state index is 11.6. The van der Waals surface area contributed by atoms with Gasteiger partial charge in [-0.3, -0.25) is 4.79 Å². The lowest BCUT2D eigenvalue weighted by Gasteiger charge is -2.04. The zero-order valence-corrected chi connectivity index (χ0v) is 10.2. The lowest BCUT2D eigenvalue weighted by Crippen LogP contribution is -1.95. The molecule has 1 aromatic heterocycles. The van der Waals surface area contributed by atoms with Crippen LogP contribution < -0.4 is 4.74 Å². The van der Waals surface area contributed by atoms with E-state index in [4.69, 9.17) is 4.74 Å². The SMILES string of the molecule is COc1ccc(-c2c[nH]c(C)c2C(C)=O)cc1. The van der Waals surface area contributed by atoms with E-state index in [2.05, 4.69) is 4.98 Å². The number of aromatic nitrogens is 1. The molecule has 3 heteroatoms. The Balaban J connectivity index is 2.49. The van der Waals surface area contributed by atoms with Crippen molar-refractivity contribution < 1.29 is 9.53 Å². The van der Waals surface area contributed by atoms with Gasteiger partial charge >= 0.3 is 0 Å². The molecule has 3 nitrogen and oxygen atoms in total. The Labute approximate surface area is 100 Å². The Morgan fingerprint density at radius 2 is 1.88 bits per heavy atom. The first-order chi connectivity index (χ1) is 8.13. The highest BCUT2D eigenvalue weighted by molar-refractivity contribution is 6.02. The van der Waals surface area contributed by atoms with Gasteiger partial charge in [0.05, 0.1) is 7.11 Å². The van der Waals surface area contributed by atoms with E-state index >= 15 is 0 Å². The largest absolute Gasteiger partial charge is 0.497 e. The van der Waals surface area contributed by atoms with E-state index in [1.54, 1.807) is 14.0 Å². The smallest absolute Gasteiger partial charge is 0.162 e. The van der Waals surface area contributed by atoms with Gasteiger partial charge in [-0.05, 0) is 31.5 Å². The molecule has 0 radical (unpaired) electrons. The second-order valence-electron chi connectivity index (χ2n) is 3.99. The van der Waals surface area contributed by atoms with Crippen LogP contribution in [0.25, 0.3) is 11.1 Å². The van der Waals surface area contributed by atoms with Gasteiger partial charge in [0.15, 0.2) is 5.78 Å². The summed E-state index contributed by atoms with van der Waals surface area (Å²) in [6.45, 7) is 3.49. The minimum absolute atomic E-state index is 0.0783. The number of hydrogen-bond acceptors (Lipinski definition) is 2. The first-order valence-corrected chi connectivity index (χ1v) is 5.47. The predicted molar refractivity (Wildman–Crippen MR) is 67.5 cm³/mol. The molecule has 0 aliphatic heterocycles. The molecule has 0 spiro atoms. The van der Waals surface area contributed by atoms with Gasteiger partial charge in [0, 0.05) is 23.0 Å². The van der Waals surface area contributed by atoms with Crippen LogP contribution in [-0.4, -0.2) is 17.9 Å². The van der Waals surface area contributed by atoms with Crippen LogP contribution in [-0.2, 0) is 0 Å². The van der Waals surface area contributed by atoms with Crippen molar-refractivity contribution in [2.75, 3.05) is 7.11 Å². The average molecular weight is 229 g/mol. The predicted octanol–water partition coefficient (Wildman–Crippen LogP) is 3.20. The zero-order valence-electron chi connectivity index (χ0n) is 10.2. The molecule has 0 atom stereocenters. The monoisotopic (exact) mass is 229 g/mol. The Kier molecular flexibility index (Phi) is 3.00. The van der Waals surface area contributed by atoms with Gasteiger partial charge in [-0.15, -0.1) is 0 Å². The molecule has 0 saturated heterocycles. The Morgan fingerprint density at radius 3 is 2.41 bits per heavy atom. The van der Waals surface area contributed by atoms with E-state index in [0.29, 0.717) is 0 Å². The van der Waals surface area contributed by atoms with Crippen molar-refractivity contribution >= 4 is 5.78 Å². The number of ether oxygens (including phenoxy) is 1. The van der Waals surface area contributed by atoms with E-state index in [-0.39, 0.29) is 5.78 Å². The van der Waals surface area contributed by atoms with Crippen molar-refractivity contribution in [1.29, 1.82) is 0 Å². The zero-order chi connectivity index (χ0) is 12.4. The van der Waals surface area contributed by atoms with Gasteiger partial charge in [-0.2, -0.15) is 0 Å². The molecule has 0 saturated carbocycles. The molecule has 0 amide bonds. The van der Waals surface area contributed by atoms with Gasteiger partial charge in [0.2, 0.25) is 0 Å². The third kappa shape index (κ3) is 2.09. The highest BCUT2D eigenvalue weighted by Crippen LogP contribution is 2.27. The summed E-state index contributed by atoms with van der Waals surface area (Å²) >= 11 is 0. The summed E-state index contributed by atoms with van der Waals surface area (Å²) in [5.41, 5.74) is 3.62. The normalized spacial score (nSPS) is 10.3. The number of nitrogens with one attached hydrogen (secondary N) is 1. The summed E-state index contributed by atoms with van der Waals surface area (Å²) in [6.07, 6.45) is 1.87. The minimum atomic E-state index is 0.0783. The number of aryl methyl sites for hydroxylation is 1. The highest BCUT2D eigenvalue weighted by atomic mass is 16.5. The Hall–Kier alpha value is -2.03. The van der Waals surface area contributed by atoms with Gasteiger partial charge in [-0.25, -0.2) is 0 Å². The Morgan fingerprint density at radius 1 is 1.24 bits per heavy atom. The minimum Gasteiger partial charge on any atom is -0.497 e. The van der Waals surface area contributed by atoms with Crippen molar-refractivity contribution in [1.82, 2.24) is 4.98 Å². The van der Waals surface area contributed by atoms with Crippen LogP contribution in [0.1, 0.15) is 23.0 Å². The number of methoxy groups -OCH3 is 1. The molecule has 2 aromatic rings. The molecule has 17 heavy (non-hydrogen) atoms. The van der Waals surface area contributed by atoms with Crippen molar-refractivity contribution in [2.45, 2.75) is 13.8 Å². The number of carbonyl (C=O) groups is 1. The summed E-state index contributed by atoms with van der Waals surface area (Å²) in [5.74, 6) is 0.889. The third-order valence-corrected chi connectivity index (χ3v) is 2.83. The number of benzene rings is 1. The van der Waals surface area contributed by atoms with Gasteiger partial charge in [0.25, 0.3) is 0 Å². The lowest BCUT2D eigenvalue weighted by atomic mass is 10.0. The molecule has 1 heterocycles. The molecule has 1 aromatic carbocycles. The highest BCUT2D eigenvalue weighted by Gasteiger charge is 2.13. The molecule has 88 valence electrons. The van der Waals surface area contributed by atoms with Crippen molar-refractivity contribution in [3.8, 4) is 16.9 Å². The summed E-state index contributed by atoms with van der Waals surface area (Å²) < 4.78 is 5.11. The topological polar surface area (TPSA) is 42.1 Å². The molecular weight excluding hydrogens is 214 g/mol. The van der Waals surface area contributed by atoms with Crippen LogP contribution in [0.2, 0.25) is 0 Å². The van der Waals surface area contributed by atoms with Crippen LogP contribution in [0.15, 0.2) is 30.5 Å². The first kappa shape index (κ1) is 11.5. The number of Topliss-reactive ketones (excluding diaryl/α,β-unsaturated/α-hetero) is 1. The third-order valence-electron chi connectivity index (χ3n) is 2.83. The van der Waals surface area contributed by atoms with Gasteiger partial charge < -0.3 is 9.72 Å². The van der Waals surface area contributed by atoms with Gasteiger partial charge in [0.1, 0.15) is 5.75 Å². The van der Waals surface area contributed by atoms with Crippen LogP contribution in [0.3, 0.4) is 0 Å². The second-order valence-corrected chi connectivity index (χ2v) is 3.99. The molecule has 0 aliphatic carbocycles. The summed E-state index contributed by atoms with van der Waals surface area (Å²) in [4.78, 5) is 14.7. The van der Waals surface area contributed by atoms with Crippen LogP contribution >= 0.6 is 0 Å². The maximum Gasteiger partial charge on any atom is 0.162 e. The number of carbonyl (C=O) groups excluding carboxylic acids is 1. The number of H-pyrrole nitrogens is 1. The fourth-order valence-electron chi connectivity index (χ4n) is 1.98. The quantitative estimate of drug-likeness (QED) is 0.821. The molecule has 2 rings (SSSR count). The van der Waals surface area contributed by atoms with E-state index in [9.17, 15) is 4.79 Å². The summed E-state index contributed by atoms with van der Waals surface area (Å²) in [7, 11) is 1.64. The Bertz CT molecular complexity index is 538. The molecule has 0 bridgehead atoms. The lowest BCUT2D eigenvalue weighted by molar-refractivity contribution is 0.101. The number of rotatable bonds is 3. The number of hydrogen-bond donors (Lipinski definition) is 1. The second kappa shape index (κ2) is 4.45. The fraction of sp³-hybridized carbons (Fsp3) is 0.214. The van der Waals surface area contributed by atoms with E-state index in [1.165, 1.54) is 0 Å². The number of aromatic amines is 1. The van der Waals surface area contributed by atoms with Crippen LogP contribution in [0.5, 0.6) is 5.75 Å².